The van der Waals surface area contributed by atoms with Crippen LogP contribution in [-0.4, -0.2) is 41.4 Å². The zero-order chi connectivity index (χ0) is 16.5. The molecule has 0 bridgehead atoms. The molecule has 0 unspecified atom stereocenters. The second-order valence-electron chi connectivity index (χ2n) is 5.78. The van der Waals surface area contributed by atoms with Crippen molar-refractivity contribution in [3.05, 3.63) is 42.0 Å². The normalized spacial score (nSPS) is 15.0. The van der Waals surface area contributed by atoms with Gasteiger partial charge in [0.05, 0.1) is 10.2 Å². The van der Waals surface area contributed by atoms with Crippen molar-refractivity contribution in [1.82, 2.24) is 9.88 Å². The van der Waals surface area contributed by atoms with Crippen molar-refractivity contribution in [2.45, 2.75) is 6.54 Å². The van der Waals surface area contributed by atoms with Crippen LogP contribution in [0.15, 0.2) is 36.4 Å². The van der Waals surface area contributed by atoms with Crippen molar-refractivity contribution in [3.8, 4) is 22.1 Å². The number of hydrogen-bond donors (Lipinski definition) is 1. The van der Waals surface area contributed by atoms with Gasteiger partial charge in [0.25, 0.3) is 0 Å². The van der Waals surface area contributed by atoms with Crippen LogP contribution < -0.4 is 4.74 Å². The number of para-hydroxylation sites is 1. The van der Waals surface area contributed by atoms with Gasteiger partial charge in [-0.2, -0.15) is 0 Å². The smallest absolute Gasteiger partial charge is 0.165 e. The molecule has 4 rings (SSSR count). The van der Waals surface area contributed by atoms with Gasteiger partial charge in [0.2, 0.25) is 0 Å². The number of benzene rings is 2. The molecule has 3 aromatic rings. The highest BCUT2D eigenvalue weighted by atomic mass is 32.1. The van der Waals surface area contributed by atoms with Gasteiger partial charge in [0, 0.05) is 30.8 Å². The minimum absolute atomic E-state index is 0.115. The SMILES string of the molecule is Oc1cc(-c2nc3ccccc3s2)cc2c1OCCN(CCF)C2. The number of phenolic OH excluding ortho intramolecular Hbond substituents is 1. The van der Waals surface area contributed by atoms with Gasteiger partial charge in [0.15, 0.2) is 11.5 Å². The van der Waals surface area contributed by atoms with Crippen LogP contribution in [0.2, 0.25) is 0 Å². The Morgan fingerprint density at radius 3 is 3.00 bits per heavy atom. The predicted molar refractivity (Wildman–Crippen MR) is 93.5 cm³/mol. The number of alkyl halides is 1. The minimum atomic E-state index is -0.390. The first kappa shape index (κ1) is 15.4. The van der Waals surface area contributed by atoms with Crippen molar-refractivity contribution in [2.75, 3.05) is 26.4 Å². The van der Waals surface area contributed by atoms with E-state index in [9.17, 15) is 9.50 Å². The summed E-state index contributed by atoms with van der Waals surface area (Å²) >= 11 is 1.59. The maximum atomic E-state index is 12.7. The second-order valence-corrected chi connectivity index (χ2v) is 6.81. The molecule has 1 aliphatic rings. The second kappa shape index (κ2) is 6.37. The zero-order valence-corrected chi connectivity index (χ0v) is 13.9. The molecule has 2 heterocycles. The van der Waals surface area contributed by atoms with E-state index in [1.165, 1.54) is 0 Å². The van der Waals surface area contributed by atoms with Crippen molar-refractivity contribution in [2.24, 2.45) is 0 Å². The highest BCUT2D eigenvalue weighted by molar-refractivity contribution is 7.21. The summed E-state index contributed by atoms with van der Waals surface area (Å²) < 4.78 is 19.5. The lowest BCUT2D eigenvalue weighted by Gasteiger charge is -2.17. The molecular formula is C18H17FN2O2S. The summed E-state index contributed by atoms with van der Waals surface area (Å²) in [5.41, 5.74) is 2.68. The number of fused-ring (bicyclic) bond motifs is 2. The van der Waals surface area contributed by atoms with E-state index in [-0.39, 0.29) is 5.75 Å². The summed E-state index contributed by atoms with van der Waals surface area (Å²) in [4.78, 5) is 6.64. The summed E-state index contributed by atoms with van der Waals surface area (Å²) in [5.74, 6) is 0.616. The largest absolute Gasteiger partial charge is 0.504 e. The standard InChI is InChI=1S/C18H17FN2O2S/c19-5-6-21-7-8-23-17-13(11-21)9-12(10-15(17)22)18-20-14-3-1-2-4-16(14)24-18/h1-4,9-10,22H,5-8,11H2. The molecule has 1 N–H and O–H groups in total. The molecule has 0 spiro atoms. The van der Waals surface area contributed by atoms with Crippen LogP contribution in [-0.2, 0) is 6.54 Å². The van der Waals surface area contributed by atoms with Gasteiger partial charge in [-0.3, -0.25) is 4.90 Å². The van der Waals surface area contributed by atoms with Crippen molar-refractivity contribution in [3.63, 3.8) is 0 Å². The molecule has 6 heteroatoms. The molecule has 2 aromatic carbocycles. The van der Waals surface area contributed by atoms with Gasteiger partial charge < -0.3 is 9.84 Å². The molecule has 24 heavy (non-hydrogen) atoms. The monoisotopic (exact) mass is 344 g/mol. The Bertz CT molecular complexity index is 848. The summed E-state index contributed by atoms with van der Waals surface area (Å²) in [5, 5.41) is 11.2. The Morgan fingerprint density at radius 1 is 1.29 bits per heavy atom. The fourth-order valence-electron chi connectivity index (χ4n) is 2.98. The molecular weight excluding hydrogens is 327 g/mol. The van der Waals surface area contributed by atoms with Crippen LogP contribution in [0.4, 0.5) is 4.39 Å². The highest BCUT2D eigenvalue weighted by Gasteiger charge is 2.20. The third kappa shape index (κ3) is 2.83. The van der Waals surface area contributed by atoms with E-state index in [0.29, 0.717) is 32.0 Å². The summed E-state index contributed by atoms with van der Waals surface area (Å²) in [6.07, 6.45) is 0. The average Bonchev–Trinajstić information content (AvgIpc) is 2.90. The summed E-state index contributed by atoms with van der Waals surface area (Å²) in [7, 11) is 0. The highest BCUT2D eigenvalue weighted by Crippen LogP contribution is 2.39. The molecule has 124 valence electrons. The van der Waals surface area contributed by atoms with Crippen LogP contribution in [0.3, 0.4) is 0 Å². The quantitative estimate of drug-likeness (QED) is 0.784. The molecule has 0 atom stereocenters. The topological polar surface area (TPSA) is 45.6 Å². The Balaban J connectivity index is 1.76. The van der Waals surface area contributed by atoms with Gasteiger partial charge in [0.1, 0.15) is 18.3 Å². The first-order chi connectivity index (χ1) is 11.7. The third-order valence-electron chi connectivity index (χ3n) is 4.14. The molecule has 0 saturated carbocycles. The van der Waals surface area contributed by atoms with E-state index in [4.69, 9.17) is 4.74 Å². The lowest BCUT2D eigenvalue weighted by Crippen LogP contribution is -2.27. The first-order valence-corrected chi connectivity index (χ1v) is 8.69. The molecule has 0 fully saturated rings. The van der Waals surface area contributed by atoms with Crippen molar-refractivity contribution in [1.29, 1.82) is 0 Å². The Kier molecular flexibility index (Phi) is 4.08. The average molecular weight is 344 g/mol. The summed E-state index contributed by atoms with van der Waals surface area (Å²) in [6, 6.07) is 11.6. The lowest BCUT2D eigenvalue weighted by molar-refractivity contribution is 0.209. The van der Waals surface area contributed by atoms with Crippen LogP contribution in [0.1, 0.15) is 5.56 Å². The molecule has 0 saturated heterocycles. The van der Waals surface area contributed by atoms with Crippen molar-refractivity contribution >= 4 is 21.6 Å². The van der Waals surface area contributed by atoms with E-state index in [1.807, 2.05) is 35.2 Å². The Hall–Kier alpha value is -2.18. The lowest BCUT2D eigenvalue weighted by atomic mass is 10.1. The van der Waals surface area contributed by atoms with Gasteiger partial charge in [-0.15, -0.1) is 11.3 Å². The van der Waals surface area contributed by atoms with Crippen LogP contribution in [0.25, 0.3) is 20.8 Å². The number of ether oxygens (including phenoxy) is 1. The summed E-state index contributed by atoms with van der Waals surface area (Å²) in [6.45, 7) is 1.63. The van der Waals surface area contributed by atoms with Gasteiger partial charge in [-0.1, -0.05) is 12.1 Å². The van der Waals surface area contributed by atoms with Crippen LogP contribution in [0, 0.1) is 0 Å². The van der Waals surface area contributed by atoms with Gasteiger partial charge >= 0.3 is 0 Å². The predicted octanol–water partition coefficient (Wildman–Crippen LogP) is 3.83. The number of phenols is 1. The number of nitrogens with zero attached hydrogens (tertiary/aromatic N) is 2. The first-order valence-electron chi connectivity index (χ1n) is 7.87. The molecule has 0 amide bonds. The van der Waals surface area contributed by atoms with Crippen LogP contribution >= 0.6 is 11.3 Å². The van der Waals surface area contributed by atoms with E-state index in [2.05, 4.69) is 4.98 Å². The number of aromatic nitrogens is 1. The molecule has 1 aromatic heterocycles. The Labute approximate surface area is 143 Å². The van der Waals surface area contributed by atoms with E-state index in [0.717, 1.165) is 26.4 Å². The van der Waals surface area contributed by atoms with E-state index < -0.39 is 6.67 Å². The van der Waals surface area contributed by atoms with E-state index >= 15 is 0 Å². The number of aromatic hydroxyl groups is 1. The van der Waals surface area contributed by atoms with Gasteiger partial charge in [-0.25, -0.2) is 9.37 Å². The van der Waals surface area contributed by atoms with E-state index in [1.54, 1.807) is 17.4 Å². The minimum Gasteiger partial charge on any atom is -0.504 e. The fraction of sp³-hybridized carbons (Fsp3) is 0.278. The Morgan fingerprint density at radius 2 is 2.17 bits per heavy atom. The van der Waals surface area contributed by atoms with Crippen molar-refractivity contribution < 1.29 is 14.2 Å². The fourth-order valence-corrected chi connectivity index (χ4v) is 3.94. The van der Waals surface area contributed by atoms with Crippen LogP contribution in [0.5, 0.6) is 11.5 Å². The zero-order valence-electron chi connectivity index (χ0n) is 13.0. The number of thiazole rings is 1. The maximum Gasteiger partial charge on any atom is 0.165 e. The molecule has 0 radical (unpaired) electrons. The number of halogens is 1. The van der Waals surface area contributed by atoms with Gasteiger partial charge in [-0.05, 0) is 24.3 Å². The molecule has 4 nitrogen and oxygen atoms in total. The maximum absolute atomic E-state index is 12.7. The third-order valence-corrected chi connectivity index (χ3v) is 5.22. The molecule has 0 aliphatic carbocycles. The number of rotatable bonds is 3. The molecule has 1 aliphatic heterocycles. The number of hydrogen-bond acceptors (Lipinski definition) is 5.